The summed E-state index contributed by atoms with van der Waals surface area (Å²) in [7, 11) is 0. The van der Waals surface area contributed by atoms with Crippen LogP contribution >= 0.6 is 12.2 Å². The summed E-state index contributed by atoms with van der Waals surface area (Å²) in [6.45, 7) is -0.0745. The highest BCUT2D eigenvalue weighted by atomic mass is 32.1. The number of hydrogen-bond donors (Lipinski definition) is 6. The van der Waals surface area contributed by atoms with Crippen molar-refractivity contribution in [1.29, 1.82) is 0 Å². The average molecular weight is 223 g/mol. The number of aliphatic hydroxyl groups is 3. The second-order valence-corrected chi connectivity index (χ2v) is 3.38. The first-order valence-electron chi connectivity index (χ1n) is 3.99. The van der Waals surface area contributed by atoms with Gasteiger partial charge in [0.05, 0.1) is 6.61 Å². The van der Waals surface area contributed by atoms with Gasteiger partial charge in [-0.05, 0) is 12.2 Å². The van der Waals surface area contributed by atoms with Crippen molar-refractivity contribution in [2.24, 2.45) is 5.73 Å². The van der Waals surface area contributed by atoms with Crippen LogP contribution < -0.4 is 16.6 Å². The predicted octanol–water partition coefficient (Wildman–Crippen LogP) is -3.24. The van der Waals surface area contributed by atoms with Crippen molar-refractivity contribution in [2.45, 2.75) is 24.5 Å². The molecule has 8 heteroatoms. The minimum atomic E-state index is -1.26. The van der Waals surface area contributed by atoms with Gasteiger partial charge in [-0.3, -0.25) is 5.43 Å². The maximum atomic E-state index is 9.40. The number of aliphatic hydroxyl groups excluding tert-OH is 3. The van der Waals surface area contributed by atoms with E-state index >= 15 is 0 Å². The fourth-order valence-corrected chi connectivity index (χ4v) is 1.13. The monoisotopic (exact) mass is 223 g/mol. The molecule has 1 saturated heterocycles. The summed E-state index contributed by atoms with van der Waals surface area (Å²) in [5.41, 5.74) is 9.95. The summed E-state index contributed by atoms with van der Waals surface area (Å²) in [6.07, 6.45) is -4.46. The standard InChI is InChI=1S/C6H13N3O4S/c7-6(14)9-8-5-4(12)3(11)2(10)1-13-5/h2-5,8,10-12H,1H2,(H3,7,9,14)/t2-,3-,4-,5?/m1/s1. The molecule has 1 unspecified atom stereocenters. The summed E-state index contributed by atoms with van der Waals surface area (Å²) in [5.74, 6) is 0. The molecule has 82 valence electrons. The Labute approximate surface area is 85.8 Å². The van der Waals surface area contributed by atoms with Crippen LogP contribution in [0.15, 0.2) is 0 Å². The zero-order chi connectivity index (χ0) is 10.7. The van der Waals surface area contributed by atoms with Gasteiger partial charge < -0.3 is 25.8 Å². The Morgan fingerprint density at radius 1 is 1.36 bits per heavy atom. The Morgan fingerprint density at radius 2 is 2.00 bits per heavy atom. The minimum absolute atomic E-state index is 0.0126. The smallest absolute Gasteiger partial charge is 0.178 e. The highest BCUT2D eigenvalue weighted by Crippen LogP contribution is 2.12. The van der Waals surface area contributed by atoms with E-state index in [9.17, 15) is 10.2 Å². The quantitative estimate of drug-likeness (QED) is 0.213. The number of nitrogens with two attached hydrogens (primary N) is 1. The first-order chi connectivity index (χ1) is 6.52. The van der Waals surface area contributed by atoms with E-state index in [1.54, 1.807) is 0 Å². The number of thiocarbonyl (C=S) groups is 1. The third-order valence-corrected chi connectivity index (χ3v) is 1.94. The van der Waals surface area contributed by atoms with E-state index in [2.05, 4.69) is 23.1 Å². The molecule has 14 heavy (non-hydrogen) atoms. The van der Waals surface area contributed by atoms with Crippen molar-refractivity contribution in [1.82, 2.24) is 10.9 Å². The average Bonchev–Trinajstić information content (AvgIpc) is 2.13. The lowest BCUT2D eigenvalue weighted by atomic mass is 10.1. The Bertz CT molecular complexity index is 217. The van der Waals surface area contributed by atoms with Crippen LogP contribution in [0.2, 0.25) is 0 Å². The molecule has 1 fully saturated rings. The maximum absolute atomic E-state index is 9.40. The molecule has 1 heterocycles. The van der Waals surface area contributed by atoms with Crippen molar-refractivity contribution in [3.05, 3.63) is 0 Å². The van der Waals surface area contributed by atoms with Crippen LogP contribution in [0.3, 0.4) is 0 Å². The second kappa shape index (κ2) is 4.82. The molecule has 1 aliphatic rings. The molecule has 0 amide bonds. The summed E-state index contributed by atoms with van der Waals surface area (Å²) in [6, 6.07) is 0. The van der Waals surface area contributed by atoms with Crippen molar-refractivity contribution in [2.75, 3.05) is 6.61 Å². The molecule has 0 aromatic carbocycles. The molecular weight excluding hydrogens is 210 g/mol. The topological polar surface area (TPSA) is 120 Å². The first kappa shape index (κ1) is 11.6. The highest BCUT2D eigenvalue weighted by molar-refractivity contribution is 7.80. The number of ether oxygens (including phenoxy) is 1. The molecule has 0 saturated carbocycles. The van der Waals surface area contributed by atoms with Crippen LogP contribution in [0.5, 0.6) is 0 Å². The molecular formula is C6H13N3O4S. The molecule has 0 aliphatic carbocycles. The van der Waals surface area contributed by atoms with E-state index in [1.165, 1.54) is 0 Å². The van der Waals surface area contributed by atoms with Crippen LogP contribution in [0, 0.1) is 0 Å². The van der Waals surface area contributed by atoms with E-state index in [0.717, 1.165) is 0 Å². The summed E-state index contributed by atoms with van der Waals surface area (Å²) >= 11 is 4.51. The van der Waals surface area contributed by atoms with Gasteiger partial charge in [0.25, 0.3) is 0 Å². The number of rotatable bonds is 2. The lowest BCUT2D eigenvalue weighted by Crippen LogP contribution is -2.61. The first-order valence-corrected chi connectivity index (χ1v) is 4.40. The number of hydrazine groups is 1. The molecule has 0 aromatic heterocycles. The van der Waals surface area contributed by atoms with Gasteiger partial charge in [-0.25, -0.2) is 5.43 Å². The lowest BCUT2D eigenvalue weighted by Gasteiger charge is -2.35. The summed E-state index contributed by atoms with van der Waals surface area (Å²) in [4.78, 5) is 0. The zero-order valence-electron chi connectivity index (χ0n) is 7.25. The van der Waals surface area contributed by atoms with Crippen molar-refractivity contribution in [3.8, 4) is 0 Å². The van der Waals surface area contributed by atoms with Gasteiger partial charge in [-0.1, -0.05) is 0 Å². The summed E-state index contributed by atoms with van der Waals surface area (Å²) < 4.78 is 4.97. The van der Waals surface area contributed by atoms with Crippen LogP contribution in [0.1, 0.15) is 0 Å². The normalized spacial score (nSPS) is 37.9. The van der Waals surface area contributed by atoms with Gasteiger partial charge in [0.15, 0.2) is 11.3 Å². The van der Waals surface area contributed by atoms with Crippen LogP contribution in [-0.2, 0) is 4.74 Å². The number of hydrogen-bond acceptors (Lipinski definition) is 6. The third-order valence-electron chi connectivity index (χ3n) is 1.84. The molecule has 0 radical (unpaired) electrons. The van der Waals surface area contributed by atoms with Gasteiger partial charge >= 0.3 is 0 Å². The molecule has 4 atom stereocenters. The van der Waals surface area contributed by atoms with Crippen molar-refractivity contribution in [3.63, 3.8) is 0 Å². The Hall–Kier alpha value is -0.510. The fourth-order valence-electron chi connectivity index (χ4n) is 1.08. The SMILES string of the molecule is NC(=S)NNC1OC[C@@H](O)[C@@H](O)[C@H]1O. The second-order valence-electron chi connectivity index (χ2n) is 2.94. The van der Waals surface area contributed by atoms with Gasteiger partial charge in [0.1, 0.15) is 18.3 Å². The zero-order valence-corrected chi connectivity index (χ0v) is 8.07. The predicted molar refractivity (Wildman–Crippen MR) is 50.8 cm³/mol. The van der Waals surface area contributed by atoms with Crippen molar-refractivity contribution < 1.29 is 20.1 Å². The molecule has 1 rings (SSSR count). The van der Waals surface area contributed by atoms with Crippen LogP contribution in [0.4, 0.5) is 0 Å². The molecule has 7 N–H and O–H groups in total. The van der Waals surface area contributed by atoms with E-state index in [4.69, 9.17) is 15.6 Å². The molecule has 7 nitrogen and oxygen atoms in total. The number of nitrogens with one attached hydrogen (secondary N) is 2. The molecule has 0 aromatic rings. The van der Waals surface area contributed by atoms with Crippen molar-refractivity contribution >= 4 is 17.3 Å². The van der Waals surface area contributed by atoms with Crippen LogP contribution in [-0.4, -0.2) is 51.6 Å². The maximum Gasteiger partial charge on any atom is 0.178 e. The summed E-state index contributed by atoms with van der Waals surface area (Å²) in [5, 5.41) is 27.8. The van der Waals surface area contributed by atoms with Gasteiger partial charge in [0.2, 0.25) is 0 Å². The Morgan fingerprint density at radius 3 is 2.57 bits per heavy atom. The fraction of sp³-hybridized carbons (Fsp3) is 0.833. The molecule has 1 aliphatic heterocycles. The Kier molecular flexibility index (Phi) is 3.98. The molecule has 0 spiro atoms. The third kappa shape index (κ3) is 2.74. The minimum Gasteiger partial charge on any atom is -0.388 e. The van der Waals surface area contributed by atoms with Gasteiger partial charge in [0, 0.05) is 0 Å². The van der Waals surface area contributed by atoms with Gasteiger partial charge in [-0.15, -0.1) is 0 Å². The van der Waals surface area contributed by atoms with E-state index < -0.39 is 24.5 Å². The van der Waals surface area contributed by atoms with E-state index in [1.807, 2.05) is 0 Å². The van der Waals surface area contributed by atoms with Crippen LogP contribution in [0.25, 0.3) is 0 Å². The lowest BCUT2D eigenvalue weighted by molar-refractivity contribution is -0.196. The van der Waals surface area contributed by atoms with E-state index in [0.29, 0.717) is 0 Å². The van der Waals surface area contributed by atoms with Gasteiger partial charge in [-0.2, -0.15) is 0 Å². The van der Waals surface area contributed by atoms with E-state index in [-0.39, 0.29) is 11.7 Å². The molecule has 0 bridgehead atoms. The highest BCUT2D eigenvalue weighted by Gasteiger charge is 2.37. The largest absolute Gasteiger partial charge is 0.388 e. The Balaban J connectivity index is 2.42.